The largest absolute Gasteiger partial charge is 0.385 e. The molecular formula is C21H40O2. The fourth-order valence-corrected chi connectivity index (χ4v) is 3.69. The smallest absolute Gasteiger partial charge is 0.161 e. The summed E-state index contributed by atoms with van der Waals surface area (Å²) in [5.41, 5.74) is 0. The Balaban J connectivity index is 2.27. The van der Waals surface area contributed by atoms with Crippen molar-refractivity contribution >= 4 is 5.78 Å². The maximum Gasteiger partial charge on any atom is 0.161 e. The highest BCUT2D eigenvalue weighted by molar-refractivity contribution is 5.82. The molecule has 0 aromatic heterocycles. The Bertz CT molecular complexity index is 288. The van der Waals surface area contributed by atoms with Gasteiger partial charge in [-0.25, -0.2) is 0 Å². The summed E-state index contributed by atoms with van der Waals surface area (Å²) < 4.78 is 0. The summed E-state index contributed by atoms with van der Waals surface area (Å²) in [5.74, 6) is 0.509. The van der Waals surface area contributed by atoms with Crippen LogP contribution in [0.25, 0.3) is 0 Å². The third-order valence-corrected chi connectivity index (χ3v) is 5.35. The zero-order valence-electron chi connectivity index (χ0n) is 15.5. The topological polar surface area (TPSA) is 37.3 Å². The second kappa shape index (κ2) is 14.0. The molecule has 0 aromatic rings. The predicted molar refractivity (Wildman–Crippen MR) is 98.7 cm³/mol. The van der Waals surface area contributed by atoms with Crippen LogP contribution in [0.2, 0.25) is 0 Å². The molecule has 1 aliphatic carbocycles. The third-order valence-electron chi connectivity index (χ3n) is 5.35. The molecule has 136 valence electrons. The Kier molecular flexibility index (Phi) is 12.6. The predicted octanol–water partition coefficient (Wildman–Crippen LogP) is 6.20. The number of ketones is 1. The van der Waals surface area contributed by atoms with Gasteiger partial charge >= 0.3 is 0 Å². The highest BCUT2D eigenvalue weighted by Gasteiger charge is 2.17. The average Bonchev–Trinajstić information content (AvgIpc) is 2.53. The molecule has 1 unspecified atom stereocenters. The molecule has 1 rings (SSSR count). The first-order valence-corrected chi connectivity index (χ1v) is 10.4. The molecule has 0 saturated heterocycles. The van der Waals surface area contributed by atoms with Crippen LogP contribution in [0.3, 0.4) is 0 Å². The number of carbonyl (C=O) groups is 1. The Hall–Kier alpha value is -0.370. The molecule has 23 heavy (non-hydrogen) atoms. The van der Waals surface area contributed by atoms with E-state index >= 15 is 0 Å². The number of rotatable bonds is 0. The number of aliphatic hydroxyl groups is 1. The van der Waals surface area contributed by atoms with Gasteiger partial charge in [0.05, 0.1) is 0 Å². The Morgan fingerprint density at radius 3 is 1.43 bits per heavy atom. The lowest BCUT2D eigenvalue weighted by molar-refractivity contribution is -0.128. The zero-order chi connectivity index (χ0) is 16.8. The number of aliphatic hydroxyl groups excluding tert-OH is 1. The van der Waals surface area contributed by atoms with Crippen molar-refractivity contribution in [3.8, 4) is 0 Å². The first-order valence-electron chi connectivity index (χ1n) is 10.4. The number of hydrogen-bond donors (Lipinski definition) is 1. The van der Waals surface area contributed by atoms with Crippen LogP contribution in [0.5, 0.6) is 0 Å². The number of Topliss-reactive ketones (excluding diaryl/α,β-unsaturated/α-hetero) is 1. The van der Waals surface area contributed by atoms with E-state index in [1.54, 1.807) is 0 Å². The molecule has 1 fully saturated rings. The molecule has 0 aliphatic heterocycles. The highest BCUT2D eigenvalue weighted by Crippen LogP contribution is 2.18. The van der Waals surface area contributed by atoms with E-state index < -0.39 is 6.10 Å². The molecule has 2 atom stereocenters. The molecule has 0 amide bonds. The number of hydrogen-bond acceptors (Lipinski definition) is 2. The van der Waals surface area contributed by atoms with Crippen LogP contribution in [0, 0.1) is 5.92 Å². The van der Waals surface area contributed by atoms with Crippen LogP contribution >= 0.6 is 0 Å². The number of carbonyl (C=O) groups excluding carboxylic acids is 1. The van der Waals surface area contributed by atoms with Gasteiger partial charge in [-0.15, -0.1) is 0 Å². The van der Waals surface area contributed by atoms with E-state index in [0.29, 0.717) is 18.8 Å². The maximum absolute atomic E-state index is 12.1. The van der Waals surface area contributed by atoms with Gasteiger partial charge in [0, 0.05) is 6.42 Å². The Morgan fingerprint density at radius 2 is 1.00 bits per heavy atom. The van der Waals surface area contributed by atoms with Crippen molar-refractivity contribution in [3.05, 3.63) is 0 Å². The van der Waals surface area contributed by atoms with Crippen LogP contribution in [-0.2, 0) is 4.79 Å². The van der Waals surface area contributed by atoms with Gasteiger partial charge in [0.25, 0.3) is 0 Å². The van der Waals surface area contributed by atoms with Crippen molar-refractivity contribution < 1.29 is 9.90 Å². The van der Waals surface area contributed by atoms with Gasteiger partial charge in [0.1, 0.15) is 6.10 Å². The summed E-state index contributed by atoms with van der Waals surface area (Å²) in [7, 11) is 0. The van der Waals surface area contributed by atoms with Crippen LogP contribution < -0.4 is 0 Å². The van der Waals surface area contributed by atoms with Crippen LogP contribution in [0.4, 0.5) is 0 Å². The quantitative estimate of drug-likeness (QED) is 0.576. The maximum atomic E-state index is 12.1. The lowest BCUT2D eigenvalue weighted by Gasteiger charge is -2.14. The van der Waals surface area contributed by atoms with E-state index in [1.165, 1.54) is 83.5 Å². The molecule has 0 heterocycles. The molecule has 2 nitrogen and oxygen atoms in total. The monoisotopic (exact) mass is 324 g/mol. The summed E-state index contributed by atoms with van der Waals surface area (Å²) >= 11 is 0. The van der Waals surface area contributed by atoms with Gasteiger partial charge in [-0.3, -0.25) is 4.79 Å². The van der Waals surface area contributed by atoms with Gasteiger partial charge in [-0.1, -0.05) is 103 Å². The fraction of sp³-hybridized carbons (Fsp3) is 0.952. The first kappa shape index (κ1) is 20.7. The summed E-state index contributed by atoms with van der Waals surface area (Å²) in [6.45, 7) is 2.16. The van der Waals surface area contributed by atoms with E-state index in [9.17, 15) is 9.90 Å². The standard InChI is InChI=1S/C21H40O2/c1-19-16-14-12-10-8-6-4-2-3-5-7-9-11-13-15-17-20(22)21(23)18-19/h19-20,22H,2-18H2,1H3/t19-,20?/m0/s1. The summed E-state index contributed by atoms with van der Waals surface area (Å²) in [5, 5.41) is 10.0. The molecular weight excluding hydrogens is 284 g/mol. The van der Waals surface area contributed by atoms with Gasteiger partial charge in [-0.05, 0) is 12.3 Å². The lowest BCUT2D eigenvalue weighted by atomic mass is 9.93. The second-order valence-electron chi connectivity index (χ2n) is 7.82. The molecule has 1 aliphatic rings. The van der Waals surface area contributed by atoms with Crippen molar-refractivity contribution in [2.24, 2.45) is 5.92 Å². The van der Waals surface area contributed by atoms with Gasteiger partial charge in [-0.2, -0.15) is 0 Å². The average molecular weight is 325 g/mol. The summed E-state index contributed by atoms with van der Waals surface area (Å²) in [6.07, 6.45) is 20.1. The van der Waals surface area contributed by atoms with Crippen molar-refractivity contribution in [3.63, 3.8) is 0 Å². The van der Waals surface area contributed by atoms with Crippen LogP contribution in [0.15, 0.2) is 0 Å². The molecule has 0 bridgehead atoms. The van der Waals surface area contributed by atoms with Crippen LogP contribution in [0.1, 0.15) is 116 Å². The SMILES string of the molecule is C[C@H]1CCCCCCCCCCCCCCCCC(O)C(=O)C1. The van der Waals surface area contributed by atoms with E-state index in [-0.39, 0.29) is 5.78 Å². The second-order valence-corrected chi connectivity index (χ2v) is 7.82. The minimum atomic E-state index is -0.706. The molecule has 0 spiro atoms. The Morgan fingerprint density at radius 1 is 0.652 bits per heavy atom. The molecule has 0 aromatic carbocycles. The third kappa shape index (κ3) is 11.8. The first-order chi connectivity index (χ1) is 11.2. The lowest BCUT2D eigenvalue weighted by Crippen LogP contribution is -2.22. The molecule has 1 N–H and O–H groups in total. The van der Waals surface area contributed by atoms with Gasteiger partial charge in [0.2, 0.25) is 0 Å². The van der Waals surface area contributed by atoms with Crippen molar-refractivity contribution in [2.45, 2.75) is 122 Å². The molecule has 0 radical (unpaired) electrons. The van der Waals surface area contributed by atoms with Gasteiger partial charge < -0.3 is 5.11 Å². The minimum Gasteiger partial charge on any atom is -0.385 e. The Labute approximate surface area is 144 Å². The van der Waals surface area contributed by atoms with E-state index in [0.717, 1.165) is 12.8 Å². The van der Waals surface area contributed by atoms with Gasteiger partial charge in [0.15, 0.2) is 5.78 Å². The van der Waals surface area contributed by atoms with Crippen molar-refractivity contribution in [2.75, 3.05) is 0 Å². The van der Waals surface area contributed by atoms with E-state index in [1.807, 2.05) is 0 Å². The molecule has 1 saturated carbocycles. The van der Waals surface area contributed by atoms with Crippen molar-refractivity contribution in [1.82, 2.24) is 0 Å². The summed E-state index contributed by atoms with van der Waals surface area (Å²) in [6, 6.07) is 0. The normalized spacial score (nSPS) is 29.0. The zero-order valence-corrected chi connectivity index (χ0v) is 15.5. The van der Waals surface area contributed by atoms with Crippen molar-refractivity contribution in [1.29, 1.82) is 0 Å². The van der Waals surface area contributed by atoms with E-state index in [4.69, 9.17) is 0 Å². The van der Waals surface area contributed by atoms with E-state index in [2.05, 4.69) is 6.92 Å². The highest BCUT2D eigenvalue weighted by atomic mass is 16.3. The summed E-state index contributed by atoms with van der Waals surface area (Å²) in [4.78, 5) is 12.1. The van der Waals surface area contributed by atoms with Crippen LogP contribution in [-0.4, -0.2) is 17.0 Å². The fourth-order valence-electron chi connectivity index (χ4n) is 3.69. The molecule has 2 heteroatoms. The minimum absolute atomic E-state index is 0.0758.